The summed E-state index contributed by atoms with van der Waals surface area (Å²) in [6.07, 6.45) is -3.56. The summed E-state index contributed by atoms with van der Waals surface area (Å²) in [6.45, 7) is 2.28. The molecule has 194 valence electrons. The second kappa shape index (κ2) is 9.06. The Morgan fingerprint density at radius 2 is 1.65 bits per heavy atom. The Kier molecular flexibility index (Phi) is 6.01. The van der Waals surface area contributed by atoms with E-state index in [1.165, 1.54) is 13.2 Å². The lowest BCUT2D eigenvalue weighted by Gasteiger charge is -2.37. The smallest absolute Gasteiger partial charge is 0.417 e. The van der Waals surface area contributed by atoms with Gasteiger partial charge in [0.15, 0.2) is 0 Å². The first-order valence-electron chi connectivity index (χ1n) is 11.6. The number of pyridine rings is 2. The Morgan fingerprint density at radius 3 is 2.24 bits per heavy atom. The molecule has 3 heterocycles. The summed E-state index contributed by atoms with van der Waals surface area (Å²) in [5, 5.41) is 0.926. The molecule has 4 aromatic rings. The Balaban J connectivity index is 1.48. The summed E-state index contributed by atoms with van der Waals surface area (Å²) in [7, 11) is 4.94. The first kappa shape index (κ1) is 24.5. The van der Waals surface area contributed by atoms with Gasteiger partial charge in [-0.3, -0.25) is 4.79 Å². The Labute approximate surface area is 210 Å². The van der Waals surface area contributed by atoms with Crippen LogP contribution in [0.4, 0.5) is 30.4 Å². The van der Waals surface area contributed by atoms with Crippen molar-refractivity contribution in [2.75, 3.05) is 55.9 Å². The summed E-state index contributed by atoms with van der Waals surface area (Å²) in [5.41, 5.74) is 8.11. The van der Waals surface area contributed by atoms with Crippen molar-refractivity contribution in [1.29, 1.82) is 0 Å². The number of anilines is 3. The largest absolute Gasteiger partial charge is 0.497 e. The molecule has 1 fully saturated rings. The van der Waals surface area contributed by atoms with E-state index in [9.17, 15) is 18.0 Å². The van der Waals surface area contributed by atoms with E-state index < -0.39 is 11.7 Å². The zero-order valence-corrected chi connectivity index (χ0v) is 20.6. The van der Waals surface area contributed by atoms with Gasteiger partial charge < -0.3 is 29.6 Å². The number of nitrogen functional groups attached to an aromatic ring is 1. The van der Waals surface area contributed by atoms with Gasteiger partial charge in [0.2, 0.25) is 5.43 Å². The molecule has 37 heavy (non-hydrogen) atoms. The molecule has 1 saturated heterocycles. The lowest BCUT2D eigenvalue weighted by Crippen LogP contribution is -2.47. The van der Waals surface area contributed by atoms with Crippen LogP contribution in [0.3, 0.4) is 0 Å². The maximum absolute atomic E-state index is 13.5. The molecule has 0 radical (unpaired) electrons. The van der Waals surface area contributed by atoms with Crippen LogP contribution < -0.4 is 30.4 Å². The first-order chi connectivity index (χ1) is 17.6. The van der Waals surface area contributed by atoms with Gasteiger partial charge in [-0.1, -0.05) is 0 Å². The molecule has 0 spiro atoms. The number of rotatable bonds is 4. The van der Waals surface area contributed by atoms with E-state index >= 15 is 0 Å². The normalized spacial score (nSPS) is 14.4. The van der Waals surface area contributed by atoms with Crippen molar-refractivity contribution in [3.63, 3.8) is 0 Å². The monoisotopic (exact) mass is 513 g/mol. The van der Waals surface area contributed by atoms with E-state index in [0.717, 1.165) is 18.0 Å². The van der Waals surface area contributed by atoms with Gasteiger partial charge in [0.05, 0.1) is 47.6 Å². The van der Waals surface area contributed by atoms with Crippen LogP contribution in [0.2, 0.25) is 0 Å². The summed E-state index contributed by atoms with van der Waals surface area (Å²) in [4.78, 5) is 21.5. The van der Waals surface area contributed by atoms with Crippen molar-refractivity contribution in [1.82, 2.24) is 9.55 Å². The quantitative estimate of drug-likeness (QED) is 0.326. The van der Waals surface area contributed by atoms with Gasteiger partial charge in [-0.05, 0) is 24.3 Å². The summed E-state index contributed by atoms with van der Waals surface area (Å²) < 4.78 is 51.4. The summed E-state index contributed by atoms with van der Waals surface area (Å²) in [6, 6.07) is 9.52. The molecule has 0 aliphatic carbocycles. The number of ether oxygens (including phenoxy) is 2. The lowest BCUT2D eigenvalue weighted by atomic mass is 10.1. The van der Waals surface area contributed by atoms with Crippen LogP contribution >= 0.6 is 0 Å². The summed E-state index contributed by atoms with van der Waals surface area (Å²) >= 11 is 0. The fraction of sp³-hybridized carbons (Fsp3) is 0.308. The molecule has 2 aromatic carbocycles. The van der Waals surface area contributed by atoms with Crippen molar-refractivity contribution in [3.05, 3.63) is 58.4 Å². The number of hydrogen-bond acceptors (Lipinski definition) is 7. The molecule has 11 heteroatoms. The molecule has 8 nitrogen and oxygen atoms in total. The van der Waals surface area contributed by atoms with Crippen molar-refractivity contribution in [2.45, 2.75) is 6.18 Å². The third-order valence-electron chi connectivity index (χ3n) is 6.87. The SMILES string of the molecule is COc1cc(OC)c2c(=O)c3cc(N)c(N4CCN(c5ccc(C(F)(F)F)cn5)CC4)cc3n(C)c2c1. The molecule has 2 N–H and O–H groups in total. The van der Waals surface area contributed by atoms with E-state index in [-0.39, 0.29) is 5.43 Å². The molecule has 5 rings (SSSR count). The molecular weight excluding hydrogens is 487 g/mol. The minimum atomic E-state index is -4.42. The van der Waals surface area contributed by atoms with Crippen molar-refractivity contribution >= 4 is 39.0 Å². The highest BCUT2D eigenvalue weighted by atomic mass is 19.4. The average molecular weight is 514 g/mol. The lowest BCUT2D eigenvalue weighted by molar-refractivity contribution is -0.137. The third kappa shape index (κ3) is 4.24. The Bertz CT molecular complexity index is 1540. The fourth-order valence-corrected chi connectivity index (χ4v) is 4.86. The fourth-order valence-electron chi connectivity index (χ4n) is 4.86. The topological polar surface area (TPSA) is 85.8 Å². The van der Waals surface area contributed by atoms with Gasteiger partial charge in [0.25, 0.3) is 0 Å². The standard InChI is InChI=1S/C26H26F3N5O3/c1-32-19-13-20(33-6-8-34(9-7-33)23-5-4-15(14-31-23)26(27,28)29)18(30)12-17(19)25(35)24-21(32)10-16(36-2)11-22(24)37-3/h4-5,10-14H,6-9,30H2,1-3H3. The molecule has 0 saturated carbocycles. The van der Waals surface area contributed by atoms with E-state index in [2.05, 4.69) is 9.88 Å². The zero-order valence-electron chi connectivity index (χ0n) is 20.6. The number of benzene rings is 2. The Hall–Kier alpha value is -4.15. The Morgan fingerprint density at radius 1 is 0.946 bits per heavy atom. The second-order valence-electron chi connectivity index (χ2n) is 8.92. The third-order valence-corrected chi connectivity index (χ3v) is 6.87. The number of alkyl halides is 3. The number of aryl methyl sites for hydroxylation is 1. The molecule has 0 amide bonds. The number of nitrogens with zero attached hydrogens (tertiary/aromatic N) is 4. The molecule has 1 aliphatic rings. The van der Waals surface area contributed by atoms with E-state index in [4.69, 9.17) is 15.2 Å². The average Bonchev–Trinajstić information content (AvgIpc) is 2.90. The van der Waals surface area contributed by atoms with Gasteiger partial charge in [0.1, 0.15) is 17.3 Å². The highest BCUT2D eigenvalue weighted by Crippen LogP contribution is 2.35. The molecule has 0 atom stereocenters. The second-order valence-corrected chi connectivity index (χ2v) is 8.92. The van der Waals surface area contributed by atoms with Crippen LogP contribution in [0.15, 0.2) is 47.4 Å². The number of aromatic nitrogens is 2. The van der Waals surface area contributed by atoms with Crippen molar-refractivity contribution in [2.24, 2.45) is 7.05 Å². The van der Waals surface area contributed by atoms with Gasteiger partial charge in [0, 0.05) is 56.9 Å². The van der Waals surface area contributed by atoms with Gasteiger partial charge in [-0.15, -0.1) is 0 Å². The zero-order chi connectivity index (χ0) is 26.5. The van der Waals surface area contributed by atoms with E-state index in [1.54, 1.807) is 25.3 Å². The van der Waals surface area contributed by atoms with E-state index in [0.29, 0.717) is 71.0 Å². The van der Waals surface area contributed by atoms with Crippen LogP contribution in [0.1, 0.15) is 5.56 Å². The van der Waals surface area contributed by atoms with Crippen LogP contribution in [0.5, 0.6) is 11.5 Å². The molecule has 0 bridgehead atoms. The van der Waals surface area contributed by atoms with Crippen LogP contribution in [-0.4, -0.2) is 49.9 Å². The maximum Gasteiger partial charge on any atom is 0.417 e. The predicted octanol–water partition coefficient (Wildman–Crippen LogP) is 4.03. The highest BCUT2D eigenvalue weighted by molar-refractivity contribution is 6.00. The van der Waals surface area contributed by atoms with Gasteiger partial charge >= 0.3 is 6.18 Å². The number of nitrogens with two attached hydrogens (primary N) is 1. The number of hydrogen-bond donors (Lipinski definition) is 1. The number of methoxy groups -OCH3 is 2. The molecule has 0 unspecified atom stereocenters. The molecular formula is C26H26F3N5O3. The number of fused-ring (bicyclic) bond motifs is 2. The van der Waals surface area contributed by atoms with Crippen molar-refractivity contribution < 1.29 is 22.6 Å². The maximum atomic E-state index is 13.5. The van der Waals surface area contributed by atoms with Crippen LogP contribution in [-0.2, 0) is 13.2 Å². The van der Waals surface area contributed by atoms with Gasteiger partial charge in [-0.25, -0.2) is 4.98 Å². The first-order valence-corrected chi connectivity index (χ1v) is 11.6. The highest BCUT2D eigenvalue weighted by Gasteiger charge is 2.31. The minimum Gasteiger partial charge on any atom is -0.497 e. The molecule has 2 aromatic heterocycles. The van der Waals surface area contributed by atoms with Gasteiger partial charge in [-0.2, -0.15) is 13.2 Å². The number of halogens is 3. The minimum absolute atomic E-state index is 0.181. The predicted molar refractivity (Wildman–Crippen MR) is 138 cm³/mol. The summed E-state index contributed by atoms with van der Waals surface area (Å²) in [5.74, 6) is 1.49. The van der Waals surface area contributed by atoms with Crippen molar-refractivity contribution in [3.8, 4) is 11.5 Å². The number of piperazine rings is 1. The van der Waals surface area contributed by atoms with Crippen LogP contribution in [0.25, 0.3) is 21.8 Å². The van der Waals surface area contributed by atoms with E-state index in [1.807, 2.05) is 22.6 Å². The van der Waals surface area contributed by atoms with Crippen LogP contribution in [0, 0.1) is 0 Å². The molecule has 1 aliphatic heterocycles.